The first-order valence-corrected chi connectivity index (χ1v) is 4.11. The van der Waals surface area contributed by atoms with Crippen LogP contribution >= 0.6 is 0 Å². The molecule has 1 unspecified atom stereocenters. The molecule has 2 heterocycles. The van der Waals surface area contributed by atoms with E-state index in [1.54, 1.807) is 12.5 Å². The highest BCUT2D eigenvalue weighted by atomic mass is 16.3. The lowest BCUT2D eigenvalue weighted by molar-refractivity contribution is 0.594. The van der Waals surface area contributed by atoms with E-state index in [0.29, 0.717) is 12.4 Å². The predicted octanol–water partition coefficient (Wildman–Crippen LogP) is 0.194. The molecular formula is C8H12N4O. The summed E-state index contributed by atoms with van der Waals surface area (Å²) in [6.45, 7) is 2.30. The van der Waals surface area contributed by atoms with Gasteiger partial charge in [-0.1, -0.05) is 0 Å². The summed E-state index contributed by atoms with van der Waals surface area (Å²) in [5.74, 6) is 0.566. The minimum atomic E-state index is -0.187. The summed E-state index contributed by atoms with van der Waals surface area (Å²) >= 11 is 0. The molecule has 0 spiro atoms. The molecular weight excluding hydrogens is 168 g/mol. The lowest BCUT2D eigenvalue weighted by Crippen LogP contribution is -2.22. The number of hydrogen-bond donors (Lipinski definition) is 2. The molecule has 2 rings (SSSR count). The minimum absolute atomic E-state index is 0.187. The molecule has 0 saturated carbocycles. The first-order valence-electron chi connectivity index (χ1n) is 4.11. The number of aromatic nitrogens is 2. The second kappa shape index (κ2) is 2.86. The Hall–Kier alpha value is -1.33. The van der Waals surface area contributed by atoms with Crippen LogP contribution in [0.15, 0.2) is 16.9 Å². The van der Waals surface area contributed by atoms with E-state index < -0.39 is 0 Å². The maximum absolute atomic E-state index is 5.84. The SMILES string of the molecule is Cc1nc2occn2c1C(N)CN. The van der Waals surface area contributed by atoms with Crippen molar-refractivity contribution in [3.63, 3.8) is 0 Å². The van der Waals surface area contributed by atoms with Gasteiger partial charge in [-0.05, 0) is 6.92 Å². The third-order valence-corrected chi connectivity index (χ3v) is 2.09. The van der Waals surface area contributed by atoms with Gasteiger partial charge >= 0.3 is 5.84 Å². The average Bonchev–Trinajstić information content (AvgIpc) is 2.62. The van der Waals surface area contributed by atoms with Gasteiger partial charge in [0, 0.05) is 12.7 Å². The van der Waals surface area contributed by atoms with Crippen molar-refractivity contribution in [2.45, 2.75) is 13.0 Å². The molecule has 70 valence electrons. The van der Waals surface area contributed by atoms with Crippen LogP contribution in [0.5, 0.6) is 0 Å². The molecule has 2 aromatic heterocycles. The molecule has 4 N–H and O–H groups in total. The largest absolute Gasteiger partial charge is 0.432 e. The van der Waals surface area contributed by atoms with Gasteiger partial charge in [0.05, 0.1) is 17.4 Å². The summed E-state index contributed by atoms with van der Waals surface area (Å²) in [5.41, 5.74) is 13.1. The number of nitrogens with two attached hydrogens (primary N) is 2. The molecule has 0 amide bonds. The molecule has 0 fully saturated rings. The summed E-state index contributed by atoms with van der Waals surface area (Å²) in [6.07, 6.45) is 3.37. The molecule has 0 radical (unpaired) electrons. The van der Waals surface area contributed by atoms with Crippen LogP contribution in [0, 0.1) is 6.92 Å². The molecule has 13 heavy (non-hydrogen) atoms. The van der Waals surface area contributed by atoms with Gasteiger partial charge in [-0.3, -0.25) is 4.40 Å². The number of hydrogen-bond acceptors (Lipinski definition) is 4. The molecule has 5 nitrogen and oxygen atoms in total. The maximum Gasteiger partial charge on any atom is 0.306 e. The van der Waals surface area contributed by atoms with Crippen LogP contribution in [0.1, 0.15) is 17.4 Å². The van der Waals surface area contributed by atoms with E-state index in [9.17, 15) is 0 Å². The number of nitrogens with zero attached hydrogens (tertiary/aromatic N) is 2. The first kappa shape index (κ1) is 8.28. The highest BCUT2D eigenvalue weighted by Gasteiger charge is 2.15. The normalized spacial score (nSPS) is 13.8. The third-order valence-electron chi connectivity index (χ3n) is 2.09. The standard InChI is InChI=1S/C8H12N4O/c1-5-7(6(10)4-9)12-2-3-13-8(12)11-5/h2-3,6H,4,9-10H2,1H3. The number of imidazole rings is 1. The summed E-state index contributed by atoms with van der Waals surface area (Å²) in [4.78, 5) is 4.20. The van der Waals surface area contributed by atoms with Crippen LogP contribution in [0.3, 0.4) is 0 Å². The average molecular weight is 180 g/mol. The number of oxazole rings is 1. The van der Waals surface area contributed by atoms with Crippen molar-refractivity contribution in [1.82, 2.24) is 9.38 Å². The second-order valence-electron chi connectivity index (χ2n) is 2.98. The van der Waals surface area contributed by atoms with E-state index in [0.717, 1.165) is 11.4 Å². The fourth-order valence-electron chi connectivity index (χ4n) is 1.47. The first-order chi connectivity index (χ1) is 6.24. The summed E-state index contributed by atoms with van der Waals surface area (Å²) in [6, 6.07) is -0.187. The number of fused-ring (bicyclic) bond motifs is 1. The molecule has 2 aromatic rings. The van der Waals surface area contributed by atoms with Crippen molar-refractivity contribution in [3.8, 4) is 0 Å². The zero-order chi connectivity index (χ0) is 9.42. The fourth-order valence-corrected chi connectivity index (χ4v) is 1.47. The van der Waals surface area contributed by atoms with Crippen LogP contribution < -0.4 is 11.5 Å². The van der Waals surface area contributed by atoms with E-state index in [1.165, 1.54) is 0 Å². The predicted molar refractivity (Wildman–Crippen MR) is 48.2 cm³/mol. The second-order valence-corrected chi connectivity index (χ2v) is 2.98. The highest BCUT2D eigenvalue weighted by molar-refractivity contribution is 5.33. The highest BCUT2D eigenvalue weighted by Crippen LogP contribution is 2.17. The van der Waals surface area contributed by atoms with E-state index in [1.807, 2.05) is 11.3 Å². The van der Waals surface area contributed by atoms with Crippen LogP contribution in [0.2, 0.25) is 0 Å². The van der Waals surface area contributed by atoms with Crippen molar-refractivity contribution in [3.05, 3.63) is 23.8 Å². The van der Waals surface area contributed by atoms with Crippen LogP contribution in [-0.2, 0) is 0 Å². The van der Waals surface area contributed by atoms with Crippen LogP contribution in [-0.4, -0.2) is 15.9 Å². The van der Waals surface area contributed by atoms with Crippen molar-refractivity contribution in [2.24, 2.45) is 11.5 Å². The third kappa shape index (κ3) is 1.13. The molecule has 0 aliphatic carbocycles. The van der Waals surface area contributed by atoms with Crippen molar-refractivity contribution in [2.75, 3.05) is 6.54 Å². The van der Waals surface area contributed by atoms with Gasteiger partial charge in [0.25, 0.3) is 0 Å². The molecule has 0 saturated heterocycles. The Morgan fingerprint density at radius 1 is 1.69 bits per heavy atom. The Kier molecular flexibility index (Phi) is 1.82. The van der Waals surface area contributed by atoms with Gasteiger partial charge in [0.1, 0.15) is 6.26 Å². The molecule has 1 atom stereocenters. The van der Waals surface area contributed by atoms with Gasteiger partial charge in [-0.2, -0.15) is 4.98 Å². The summed E-state index contributed by atoms with van der Waals surface area (Å²) in [7, 11) is 0. The molecule has 0 aliphatic rings. The smallest absolute Gasteiger partial charge is 0.306 e. The molecule has 5 heteroatoms. The van der Waals surface area contributed by atoms with Crippen molar-refractivity contribution < 1.29 is 4.42 Å². The number of rotatable bonds is 2. The Balaban J connectivity index is 2.63. The molecule has 0 bridgehead atoms. The van der Waals surface area contributed by atoms with Gasteiger partial charge < -0.3 is 15.9 Å². The Morgan fingerprint density at radius 2 is 2.46 bits per heavy atom. The van der Waals surface area contributed by atoms with Crippen LogP contribution in [0.25, 0.3) is 5.84 Å². The van der Waals surface area contributed by atoms with Crippen molar-refractivity contribution in [1.29, 1.82) is 0 Å². The van der Waals surface area contributed by atoms with E-state index >= 15 is 0 Å². The molecule has 0 aromatic carbocycles. The number of aryl methyl sites for hydroxylation is 1. The lowest BCUT2D eigenvalue weighted by Gasteiger charge is -2.07. The van der Waals surface area contributed by atoms with E-state index in [2.05, 4.69) is 4.98 Å². The van der Waals surface area contributed by atoms with Crippen molar-refractivity contribution >= 4 is 5.84 Å². The fraction of sp³-hybridized carbons (Fsp3) is 0.375. The lowest BCUT2D eigenvalue weighted by atomic mass is 10.2. The monoisotopic (exact) mass is 180 g/mol. The summed E-state index contributed by atoms with van der Waals surface area (Å²) in [5, 5.41) is 0. The quantitative estimate of drug-likeness (QED) is 0.691. The topological polar surface area (TPSA) is 82.5 Å². The van der Waals surface area contributed by atoms with Crippen LogP contribution in [0.4, 0.5) is 0 Å². The summed E-state index contributed by atoms with van der Waals surface area (Å²) < 4.78 is 6.96. The van der Waals surface area contributed by atoms with E-state index in [4.69, 9.17) is 15.9 Å². The van der Waals surface area contributed by atoms with Gasteiger partial charge in [-0.15, -0.1) is 0 Å². The zero-order valence-electron chi connectivity index (χ0n) is 7.40. The Morgan fingerprint density at radius 3 is 3.15 bits per heavy atom. The van der Waals surface area contributed by atoms with Gasteiger partial charge in [0.15, 0.2) is 0 Å². The zero-order valence-corrected chi connectivity index (χ0v) is 7.40. The minimum Gasteiger partial charge on any atom is -0.432 e. The van der Waals surface area contributed by atoms with E-state index in [-0.39, 0.29) is 6.04 Å². The Labute approximate surface area is 75.3 Å². The molecule has 0 aliphatic heterocycles. The van der Waals surface area contributed by atoms with Gasteiger partial charge in [-0.25, -0.2) is 0 Å². The van der Waals surface area contributed by atoms with Gasteiger partial charge in [0.2, 0.25) is 0 Å². The maximum atomic E-state index is 5.84. The Bertz CT molecular complexity index is 417.